The molecule has 1 aliphatic heterocycles. The first-order chi connectivity index (χ1) is 7.84. The second-order valence-electron chi connectivity index (χ2n) is 5.39. The number of rotatable bonds is 4. The molecule has 1 heterocycles. The highest BCUT2D eigenvalue weighted by molar-refractivity contribution is 5.07. The van der Waals surface area contributed by atoms with Crippen molar-refractivity contribution in [2.24, 2.45) is 0 Å². The van der Waals surface area contributed by atoms with Crippen LogP contribution >= 0.6 is 0 Å². The van der Waals surface area contributed by atoms with Crippen molar-refractivity contribution >= 4 is 0 Å². The normalized spacial score (nSPS) is 27.8. The summed E-state index contributed by atoms with van der Waals surface area (Å²) >= 11 is 0. The van der Waals surface area contributed by atoms with Crippen molar-refractivity contribution in [3.63, 3.8) is 0 Å². The maximum Gasteiger partial charge on any atom is 0.00798 e. The lowest BCUT2D eigenvalue weighted by Crippen LogP contribution is -2.31. The molecule has 1 fully saturated rings. The molecule has 1 saturated heterocycles. The van der Waals surface area contributed by atoms with Crippen molar-refractivity contribution in [3.8, 4) is 0 Å². The predicted molar refractivity (Wildman–Crippen MR) is 69.7 cm³/mol. The van der Waals surface area contributed by atoms with Crippen LogP contribution in [0.15, 0.2) is 11.6 Å². The zero-order valence-corrected chi connectivity index (χ0v) is 10.7. The van der Waals surface area contributed by atoms with Gasteiger partial charge in [-0.15, -0.1) is 0 Å². The summed E-state index contributed by atoms with van der Waals surface area (Å²) in [6.45, 7) is 3.74. The Morgan fingerprint density at radius 3 is 3.06 bits per heavy atom. The van der Waals surface area contributed by atoms with Gasteiger partial charge in [0, 0.05) is 6.04 Å². The lowest BCUT2D eigenvalue weighted by Gasteiger charge is -2.16. The number of allylic oxidation sites excluding steroid dienone is 1. The van der Waals surface area contributed by atoms with Gasteiger partial charge in [-0.2, -0.15) is 0 Å². The lowest BCUT2D eigenvalue weighted by molar-refractivity contribution is 0.344. The fraction of sp³-hybridized carbons (Fsp3) is 0.857. The third-order valence-corrected chi connectivity index (χ3v) is 3.97. The molecule has 1 aliphatic carbocycles. The highest BCUT2D eigenvalue weighted by Crippen LogP contribution is 2.20. The molecular formula is C14H26N2. The quantitative estimate of drug-likeness (QED) is 0.735. The maximum absolute atomic E-state index is 3.74. The first-order valence-corrected chi connectivity index (χ1v) is 6.94. The summed E-state index contributed by atoms with van der Waals surface area (Å²) in [7, 11) is 2.24. The van der Waals surface area contributed by atoms with Gasteiger partial charge in [-0.25, -0.2) is 0 Å². The number of likely N-dealkylation sites (tertiary alicyclic amines) is 1. The van der Waals surface area contributed by atoms with Crippen LogP contribution in [-0.4, -0.2) is 37.6 Å². The Morgan fingerprint density at radius 1 is 1.31 bits per heavy atom. The molecule has 2 rings (SSSR count). The van der Waals surface area contributed by atoms with E-state index >= 15 is 0 Å². The van der Waals surface area contributed by atoms with E-state index in [1.807, 2.05) is 0 Å². The molecule has 2 aliphatic rings. The summed E-state index contributed by atoms with van der Waals surface area (Å²) in [5.41, 5.74) is 1.69. The van der Waals surface area contributed by atoms with Crippen molar-refractivity contribution in [2.45, 2.75) is 51.0 Å². The van der Waals surface area contributed by atoms with Crippen LogP contribution in [0, 0.1) is 0 Å². The number of nitrogens with one attached hydrogen (secondary N) is 1. The molecule has 92 valence electrons. The minimum absolute atomic E-state index is 0.770. The monoisotopic (exact) mass is 222 g/mol. The molecule has 0 aromatic heterocycles. The average molecular weight is 222 g/mol. The Balaban J connectivity index is 1.61. The molecule has 2 nitrogen and oxygen atoms in total. The van der Waals surface area contributed by atoms with E-state index in [4.69, 9.17) is 0 Å². The van der Waals surface area contributed by atoms with Crippen LogP contribution in [0.1, 0.15) is 44.9 Å². The van der Waals surface area contributed by atoms with Gasteiger partial charge in [0.1, 0.15) is 0 Å². The Morgan fingerprint density at radius 2 is 2.25 bits per heavy atom. The summed E-state index contributed by atoms with van der Waals surface area (Å²) in [6, 6.07) is 0.770. The van der Waals surface area contributed by atoms with E-state index in [0.29, 0.717) is 0 Å². The standard InChI is InChI=1S/C14H26N2/c1-16-11-4-7-14(9-12-16)15-10-8-13-5-2-3-6-13/h5,14-15H,2-4,6-12H2,1H3. The molecular weight excluding hydrogens is 196 g/mol. The summed E-state index contributed by atoms with van der Waals surface area (Å²) in [4.78, 5) is 2.46. The smallest absolute Gasteiger partial charge is 0.00798 e. The highest BCUT2D eigenvalue weighted by Gasteiger charge is 2.14. The van der Waals surface area contributed by atoms with Crippen molar-refractivity contribution in [1.82, 2.24) is 10.2 Å². The van der Waals surface area contributed by atoms with Crippen molar-refractivity contribution in [1.29, 1.82) is 0 Å². The van der Waals surface area contributed by atoms with Gasteiger partial charge < -0.3 is 10.2 Å². The van der Waals surface area contributed by atoms with Crippen molar-refractivity contribution in [2.75, 3.05) is 26.7 Å². The van der Waals surface area contributed by atoms with Gasteiger partial charge in [0.05, 0.1) is 0 Å². The van der Waals surface area contributed by atoms with Crippen LogP contribution in [0.3, 0.4) is 0 Å². The van der Waals surface area contributed by atoms with E-state index in [2.05, 4.69) is 23.3 Å². The molecule has 0 amide bonds. The van der Waals surface area contributed by atoms with E-state index in [-0.39, 0.29) is 0 Å². The van der Waals surface area contributed by atoms with Gasteiger partial charge in [0.25, 0.3) is 0 Å². The summed E-state index contributed by atoms with van der Waals surface area (Å²) in [5.74, 6) is 0. The molecule has 0 bridgehead atoms. The highest BCUT2D eigenvalue weighted by atomic mass is 15.1. The molecule has 0 radical (unpaired) electrons. The minimum Gasteiger partial charge on any atom is -0.314 e. The van der Waals surface area contributed by atoms with Crippen molar-refractivity contribution < 1.29 is 0 Å². The third-order valence-electron chi connectivity index (χ3n) is 3.97. The van der Waals surface area contributed by atoms with Gasteiger partial charge in [0.15, 0.2) is 0 Å². The van der Waals surface area contributed by atoms with Crippen LogP contribution in [0.2, 0.25) is 0 Å². The molecule has 1 atom stereocenters. The zero-order chi connectivity index (χ0) is 11.2. The fourth-order valence-corrected chi connectivity index (χ4v) is 2.85. The van der Waals surface area contributed by atoms with Crippen LogP contribution in [0.4, 0.5) is 0 Å². The molecule has 0 aromatic carbocycles. The van der Waals surface area contributed by atoms with E-state index in [1.54, 1.807) is 5.57 Å². The molecule has 0 spiro atoms. The lowest BCUT2D eigenvalue weighted by atomic mass is 10.1. The SMILES string of the molecule is CN1CCCC(NCCC2=CCCC2)CC1. The predicted octanol–water partition coefficient (Wildman–Crippen LogP) is 2.56. The van der Waals surface area contributed by atoms with E-state index < -0.39 is 0 Å². The zero-order valence-electron chi connectivity index (χ0n) is 10.7. The number of hydrogen-bond acceptors (Lipinski definition) is 2. The Hall–Kier alpha value is -0.340. The largest absolute Gasteiger partial charge is 0.314 e. The molecule has 16 heavy (non-hydrogen) atoms. The molecule has 0 saturated carbocycles. The fourth-order valence-electron chi connectivity index (χ4n) is 2.85. The Bertz CT molecular complexity index is 235. The summed E-state index contributed by atoms with van der Waals surface area (Å²) in [6.07, 6.45) is 11.9. The van der Waals surface area contributed by atoms with Gasteiger partial charge in [0.2, 0.25) is 0 Å². The molecule has 1 unspecified atom stereocenters. The van der Waals surface area contributed by atoms with E-state index in [1.165, 1.54) is 64.6 Å². The van der Waals surface area contributed by atoms with Gasteiger partial charge in [-0.05, 0) is 71.6 Å². The van der Waals surface area contributed by atoms with Gasteiger partial charge >= 0.3 is 0 Å². The van der Waals surface area contributed by atoms with Gasteiger partial charge in [-0.3, -0.25) is 0 Å². The topological polar surface area (TPSA) is 15.3 Å². The Kier molecular flexibility index (Phi) is 4.86. The number of hydrogen-bond donors (Lipinski definition) is 1. The third kappa shape index (κ3) is 3.91. The first kappa shape index (κ1) is 12.1. The molecule has 2 heteroatoms. The average Bonchev–Trinajstić information content (AvgIpc) is 2.70. The van der Waals surface area contributed by atoms with Gasteiger partial charge in [-0.1, -0.05) is 11.6 Å². The molecule has 0 aromatic rings. The van der Waals surface area contributed by atoms with Crippen LogP contribution in [0.5, 0.6) is 0 Å². The first-order valence-electron chi connectivity index (χ1n) is 6.94. The Labute approximate surface area is 100 Å². The minimum atomic E-state index is 0.770. The van der Waals surface area contributed by atoms with E-state index in [0.717, 1.165) is 6.04 Å². The van der Waals surface area contributed by atoms with Crippen LogP contribution < -0.4 is 5.32 Å². The van der Waals surface area contributed by atoms with Crippen LogP contribution in [0.25, 0.3) is 0 Å². The van der Waals surface area contributed by atoms with E-state index in [9.17, 15) is 0 Å². The molecule has 1 N–H and O–H groups in total. The summed E-state index contributed by atoms with van der Waals surface area (Å²) in [5, 5.41) is 3.74. The second kappa shape index (κ2) is 6.41. The number of nitrogens with zero attached hydrogens (tertiary/aromatic N) is 1. The van der Waals surface area contributed by atoms with Crippen LogP contribution in [-0.2, 0) is 0 Å². The van der Waals surface area contributed by atoms with Crippen molar-refractivity contribution in [3.05, 3.63) is 11.6 Å². The second-order valence-corrected chi connectivity index (χ2v) is 5.39. The summed E-state index contributed by atoms with van der Waals surface area (Å²) < 4.78 is 0. The maximum atomic E-state index is 3.74.